The predicted molar refractivity (Wildman–Crippen MR) is 147 cm³/mol. The second-order valence-corrected chi connectivity index (χ2v) is 9.96. The summed E-state index contributed by atoms with van der Waals surface area (Å²) in [6.45, 7) is 13.6. The minimum Gasteiger partial charge on any atom is -0.461 e. The topological polar surface area (TPSA) is 26.3 Å². The van der Waals surface area contributed by atoms with Crippen molar-refractivity contribution < 1.29 is 9.53 Å². The van der Waals surface area contributed by atoms with Gasteiger partial charge in [-0.05, 0) is 85.6 Å². The van der Waals surface area contributed by atoms with Crippen molar-refractivity contribution in [1.82, 2.24) is 0 Å². The molecule has 2 nitrogen and oxygen atoms in total. The minimum absolute atomic E-state index is 0.0510. The molecule has 0 saturated heterocycles. The molecular weight excluding hydrogens is 404 g/mol. The van der Waals surface area contributed by atoms with Gasteiger partial charge in [0, 0.05) is 6.42 Å². The quantitative estimate of drug-likeness (QED) is 0.103. The molecule has 33 heavy (non-hydrogen) atoms. The lowest BCUT2D eigenvalue weighted by molar-refractivity contribution is -0.142. The van der Waals surface area contributed by atoms with Gasteiger partial charge in [0.25, 0.3) is 0 Å². The lowest BCUT2D eigenvalue weighted by Crippen LogP contribution is -2.04. The fraction of sp³-hybridized carbons (Fsp3) is 0.710. The summed E-state index contributed by atoms with van der Waals surface area (Å²) in [5, 5.41) is 0. The summed E-state index contributed by atoms with van der Waals surface area (Å²) in [6, 6.07) is 0. The summed E-state index contributed by atoms with van der Waals surface area (Å²) < 4.78 is 5.38. The number of hydrogen-bond donors (Lipinski definition) is 0. The van der Waals surface area contributed by atoms with E-state index in [1.807, 2.05) is 0 Å². The average Bonchev–Trinajstić information content (AvgIpc) is 2.75. The molecule has 2 heteroatoms. The first kappa shape index (κ1) is 31.4. The Morgan fingerprint density at radius 2 is 1.03 bits per heavy atom. The molecule has 0 radical (unpaired) electrons. The first-order chi connectivity index (χ1) is 15.8. The van der Waals surface area contributed by atoms with Crippen molar-refractivity contribution in [1.29, 1.82) is 0 Å². The molecule has 0 aliphatic rings. The van der Waals surface area contributed by atoms with Gasteiger partial charge in [0.2, 0.25) is 0 Å². The van der Waals surface area contributed by atoms with Gasteiger partial charge in [-0.2, -0.15) is 0 Å². The number of rotatable bonds is 20. The maximum absolute atomic E-state index is 11.9. The minimum atomic E-state index is -0.0510. The van der Waals surface area contributed by atoms with Gasteiger partial charge in [-0.3, -0.25) is 4.79 Å². The van der Waals surface area contributed by atoms with Crippen LogP contribution >= 0.6 is 0 Å². The molecule has 0 amide bonds. The number of unbranched alkanes of at least 4 members (excludes halogenated alkanes) is 7. The van der Waals surface area contributed by atoms with Crippen LogP contribution in [0.1, 0.15) is 138 Å². The maximum Gasteiger partial charge on any atom is 0.306 e. The second kappa shape index (κ2) is 22.2. The number of esters is 1. The molecule has 0 spiro atoms. The van der Waals surface area contributed by atoms with Gasteiger partial charge in [-0.1, -0.05) is 92.4 Å². The molecule has 0 aliphatic carbocycles. The number of hydrogen-bond acceptors (Lipinski definition) is 2. The molecule has 0 rings (SSSR count). The molecule has 0 aromatic heterocycles. The predicted octanol–water partition coefficient (Wildman–Crippen LogP) is 10.2. The van der Waals surface area contributed by atoms with Gasteiger partial charge in [-0.15, -0.1) is 0 Å². The Kier molecular flexibility index (Phi) is 21.2. The second-order valence-electron chi connectivity index (χ2n) is 9.96. The number of ether oxygens (including phenoxy) is 1. The largest absolute Gasteiger partial charge is 0.461 e. The van der Waals surface area contributed by atoms with Crippen LogP contribution in [0.3, 0.4) is 0 Å². The summed E-state index contributed by atoms with van der Waals surface area (Å²) in [4.78, 5) is 11.9. The molecule has 0 saturated carbocycles. The zero-order chi connectivity index (χ0) is 24.7. The van der Waals surface area contributed by atoms with E-state index < -0.39 is 0 Å². The highest BCUT2D eigenvalue weighted by Gasteiger charge is 2.02. The van der Waals surface area contributed by atoms with Crippen molar-refractivity contribution in [2.45, 2.75) is 138 Å². The molecular formula is C31H54O2. The van der Waals surface area contributed by atoms with Gasteiger partial charge in [0.05, 0.1) is 0 Å². The van der Waals surface area contributed by atoms with Crippen molar-refractivity contribution >= 4 is 5.97 Å². The SMILES string of the molecule is CCCCCCCCCCC(=O)OC/C=C(\C)CCC=C(C)CC/C=C(\C)CCC=C(C)C. The van der Waals surface area contributed by atoms with Crippen LogP contribution in [0.25, 0.3) is 0 Å². The number of carbonyl (C=O) groups is 1. The Hall–Kier alpha value is -1.57. The maximum atomic E-state index is 11.9. The van der Waals surface area contributed by atoms with E-state index in [9.17, 15) is 4.79 Å². The van der Waals surface area contributed by atoms with Crippen LogP contribution in [0.15, 0.2) is 46.6 Å². The third kappa shape index (κ3) is 23.4. The van der Waals surface area contributed by atoms with Crippen molar-refractivity contribution in [2.75, 3.05) is 6.61 Å². The smallest absolute Gasteiger partial charge is 0.306 e. The lowest BCUT2D eigenvalue weighted by Gasteiger charge is -2.05. The molecule has 0 unspecified atom stereocenters. The summed E-state index contributed by atoms with van der Waals surface area (Å²) >= 11 is 0. The van der Waals surface area contributed by atoms with Crippen LogP contribution in [0.5, 0.6) is 0 Å². The lowest BCUT2D eigenvalue weighted by atomic mass is 10.0. The highest BCUT2D eigenvalue weighted by molar-refractivity contribution is 5.69. The Balaban J connectivity index is 3.84. The highest BCUT2D eigenvalue weighted by Crippen LogP contribution is 2.14. The summed E-state index contributed by atoms with van der Waals surface area (Å²) in [7, 11) is 0. The zero-order valence-electron chi connectivity index (χ0n) is 22.9. The van der Waals surface area contributed by atoms with Crippen molar-refractivity contribution in [3.05, 3.63) is 46.6 Å². The molecule has 0 aromatic carbocycles. The van der Waals surface area contributed by atoms with E-state index in [-0.39, 0.29) is 5.97 Å². The van der Waals surface area contributed by atoms with Gasteiger partial charge in [0.1, 0.15) is 6.61 Å². The van der Waals surface area contributed by atoms with Crippen molar-refractivity contribution in [2.24, 2.45) is 0 Å². The van der Waals surface area contributed by atoms with Crippen LogP contribution in [-0.2, 0) is 9.53 Å². The van der Waals surface area contributed by atoms with Gasteiger partial charge < -0.3 is 4.74 Å². The average molecular weight is 459 g/mol. The fourth-order valence-electron chi connectivity index (χ4n) is 3.74. The molecule has 190 valence electrons. The Labute approximate surface area is 206 Å². The van der Waals surface area contributed by atoms with Crippen molar-refractivity contribution in [3.63, 3.8) is 0 Å². The van der Waals surface area contributed by atoms with E-state index >= 15 is 0 Å². The first-order valence-corrected chi connectivity index (χ1v) is 13.6. The van der Waals surface area contributed by atoms with E-state index in [2.05, 4.69) is 65.8 Å². The van der Waals surface area contributed by atoms with E-state index in [4.69, 9.17) is 4.74 Å². The monoisotopic (exact) mass is 458 g/mol. The van der Waals surface area contributed by atoms with Crippen molar-refractivity contribution in [3.8, 4) is 0 Å². The normalized spacial score (nSPS) is 12.7. The van der Waals surface area contributed by atoms with Crippen LogP contribution in [-0.4, -0.2) is 12.6 Å². The molecule has 0 heterocycles. The molecule has 0 N–H and O–H groups in total. The number of carbonyl (C=O) groups excluding carboxylic acids is 1. The van der Waals surface area contributed by atoms with E-state index in [1.54, 1.807) is 0 Å². The van der Waals surface area contributed by atoms with Crippen LogP contribution in [0, 0.1) is 0 Å². The molecule has 0 aromatic rings. The van der Waals surface area contributed by atoms with E-state index in [1.165, 1.54) is 67.2 Å². The Morgan fingerprint density at radius 1 is 0.576 bits per heavy atom. The summed E-state index contributed by atoms with van der Waals surface area (Å²) in [6.07, 6.45) is 26.4. The standard InChI is InChI=1S/C31H54O2/c1-7-8-9-10-11-12-13-14-24-31(32)33-26-25-30(6)23-17-22-29(5)21-16-20-28(4)19-15-18-27(2)3/h18,20,22,25H,7-17,19,21,23-24,26H2,1-6H3/b28-20+,29-22?,30-25+. The van der Waals surface area contributed by atoms with Crippen LogP contribution in [0.2, 0.25) is 0 Å². The number of allylic oxidation sites excluding steroid dienone is 7. The Bertz CT molecular complexity index is 615. The molecule has 0 fully saturated rings. The van der Waals surface area contributed by atoms with Gasteiger partial charge in [-0.25, -0.2) is 0 Å². The summed E-state index contributed by atoms with van der Waals surface area (Å²) in [5.74, 6) is -0.0510. The summed E-state index contributed by atoms with van der Waals surface area (Å²) in [5.41, 5.74) is 5.67. The van der Waals surface area contributed by atoms with Crippen LogP contribution < -0.4 is 0 Å². The fourth-order valence-corrected chi connectivity index (χ4v) is 3.74. The molecule has 0 atom stereocenters. The molecule has 0 bridgehead atoms. The van der Waals surface area contributed by atoms with Crippen LogP contribution in [0.4, 0.5) is 0 Å². The first-order valence-electron chi connectivity index (χ1n) is 13.6. The van der Waals surface area contributed by atoms with Gasteiger partial charge in [0.15, 0.2) is 0 Å². The third-order valence-electron chi connectivity index (χ3n) is 6.06. The third-order valence-corrected chi connectivity index (χ3v) is 6.06. The van der Waals surface area contributed by atoms with Gasteiger partial charge >= 0.3 is 5.97 Å². The Morgan fingerprint density at radius 3 is 1.55 bits per heavy atom. The van der Waals surface area contributed by atoms with E-state index in [0.717, 1.165) is 44.9 Å². The van der Waals surface area contributed by atoms with E-state index in [0.29, 0.717) is 13.0 Å². The highest BCUT2D eigenvalue weighted by atomic mass is 16.5. The molecule has 0 aliphatic heterocycles. The zero-order valence-corrected chi connectivity index (χ0v) is 22.9.